The van der Waals surface area contributed by atoms with Gasteiger partial charge in [0.2, 0.25) is 0 Å². The van der Waals surface area contributed by atoms with Gasteiger partial charge in [-0.25, -0.2) is 4.79 Å². The lowest BCUT2D eigenvalue weighted by atomic mass is 10.1. The summed E-state index contributed by atoms with van der Waals surface area (Å²) in [6, 6.07) is 9.99. The Balaban J connectivity index is 1.91. The van der Waals surface area contributed by atoms with Crippen LogP contribution in [-0.2, 0) is 0 Å². The van der Waals surface area contributed by atoms with Gasteiger partial charge in [0.05, 0.1) is 0 Å². The molecule has 2 N–H and O–H groups in total. The third kappa shape index (κ3) is 3.20. The van der Waals surface area contributed by atoms with Crippen molar-refractivity contribution in [3.63, 3.8) is 0 Å². The number of nitrogens with zero attached hydrogens (tertiary/aromatic N) is 1. The third-order valence-electron chi connectivity index (χ3n) is 3.14. The fourth-order valence-corrected chi connectivity index (χ4v) is 2.12. The fourth-order valence-electron chi connectivity index (χ4n) is 2.12. The molecule has 17 heavy (non-hydrogen) atoms. The molecule has 4 nitrogen and oxygen atoms in total. The molecule has 1 fully saturated rings. The maximum Gasteiger partial charge on any atom is 0.321 e. The monoisotopic (exact) mass is 233 g/mol. The zero-order valence-corrected chi connectivity index (χ0v) is 10.1. The smallest absolute Gasteiger partial charge is 0.321 e. The molecule has 1 atom stereocenters. The molecular formula is C13H19N3O. The van der Waals surface area contributed by atoms with Gasteiger partial charge in [-0.15, -0.1) is 0 Å². The van der Waals surface area contributed by atoms with Crippen LogP contribution in [0.5, 0.6) is 0 Å². The molecule has 1 aromatic carbocycles. The molecule has 2 rings (SSSR count). The van der Waals surface area contributed by atoms with E-state index in [-0.39, 0.29) is 6.03 Å². The van der Waals surface area contributed by atoms with Crippen molar-refractivity contribution < 1.29 is 4.79 Å². The number of hydrogen-bond acceptors (Lipinski definition) is 2. The fraction of sp³-hybridized carbons (Fsp3) is 0.462. The minimum absolute atomic E-state index is 0.00356. The van der Waals surface area contributed by atoms with E-state index in [1.165, 1.54) is 0 Å². The summed E-state index contributed by atoms with van der Waals surface area (Å²) >= 11 is 0. The number of carbonyl (C=O) groups excluding carboxylic acids is 1. The number of para-hydroxylation sites is 1. The van der Waals surface area contributed by atoms with Gasteiger partial charge in [0, 0.05) is 24.8 Å². The van der Waals surface area contributed by atoms with E-state index in [1.807, 2.05) is 42.3 Å². The van der Waals surface area contributed by atoms with Crippen molar-refractivity contribution in [3.05, 3.63) is 30.3 Å². The Hall–Kier alpha value is -1.55. The summed E-state index contributed by atoms with van der Waals surface area (Å²) < 4.78 is 0. The summed E-state index contributed by atoms with van der Waals surface area (Å²) in [5.41, 5.74) is 0.851. The molecule has 0 aliphatic carbocycles. The van der Waals surface area contributed by atoms with E-state index in [0.717, 1.165) is 31.6 Å². The van der Waals surface area contributed by atoms with Crippen molar-refractivity contribution >= 4 is 11.7 Å². The minimum Gasteiger partial charge on any atom is -0.323 e. The molecular weight excluding hydrogens is 214 g/mol. The minimum atomic E-state index is -0.00356. The Morgan fingerprint density at radius 3 is 2.82 bits per heavy atom. The second kappa shape index (κ2) is 5.68. The average molecular weight is 233 g/mol. The average Bonchev–Trinajstić information content (AvgIpc) is 2.40. The first-order valence-electron chi connectivity index (χ1n) is 6.08. The highest BCUT2D eigenvalue weighted by atomic mass is 16.2. The molecule has 1 heterocycles. The number of rotatable bonds is 2. The van der Waals surface area contributed by atoms with E-state index in [4.69, 9.17) is 0 Å². The maximum absolute atomic E-state index is 12.0. The molecule has 0 aromatic heterocycles. The molecule has 0 radical (unpaired) electrons. The number of benzene rings is 1. The highest BCUT2D eigenvalue weighted by Crippen LogP contribution is 2.12. The van der Waals surface area contributed by atoms with Gasteiger partial charge in [-0.1, -0.05) is 18.2 Å². The van der Waals surface area contributed by atoms with Crippen LogP contribution in [0.2, 0.25) is 0 Å². The van der Waals surface area contributed by atoms with E-state index in [9.17, 15) is 4.79 Å². The first-order valence-corrected chi connectivity index (χ1v) is 6.08. The van der Waals surface area contributed by atoms with Gasteiger partial charge in [-0.2, -0.15) is 0 Å². The summed E-state index contributed by atoms with van der Waals surface area (Å²) in [6.07, 6.45) is 2.21. The van der Waals surface area contributed by atoms with Crippen LogP contribution in [0, 0.1) is 0 Å². The molecule has 92 valence electrons. The summed E-state index contributed by atoms with van der Waals surface area (Å²) in [7, 11) is 1.95. The summed E-state index contributed by atoms with van der Waals surface area (Å²) in [5, 5.41) is 6.15. The van der Waals surface area contributed by atoms with Gasteiger partial charge in [0.1, 0.15) is 0 Å². The van der Waals surface area contributed by atoms with Gasteiger partial charge in [-0.3, -0.25) is 0 Å². The number of nitrogens with one attached hydrogen (secondary N) is 2. The van der Waals surface area contributed by atoms with Crippen molar-refractivity contribution in [2.75, 3.05) is 25.5 Å². The highest BCUT2D eigenvalue weighted by molar-refractivity contribution is 5.89. The Morgan fingerprint density at radius 1 is 1.35 bits per heavy atom. The lowest BCUT2D eigenvalue weighted by Gasteiger charge is -2.32. The highest BCUT2D eigenvalue weighted by Gasteiger charge is 2.22. The Labute approximate surface area is 102 Å². The second-order valence-corrected chi connectivity index (χ2v) is 4.37. The molecule has 1 aliphatic heterocycles. The van der Waals surface area contributed by atoms with Crippen LogP contribution in [0.4, 0.5) is 10.5 Å². The zero-order valence-electron chi connectivity index (χ0n) is 10.1. The molecule has 1 saturated heterocycles. The normalized spacial score (nSPS) is 20.1. The van der Waals surface area contributed by atoms with E-state index in [2.05, 4.69) is 10.6 Å². The van der Waals surface area contributed by atoms with Gasteiger partial charge in [-0.05, 0) is 32.0 Å². The lowest BCUT2D eigenvalue weighted by Crippen LogP contribution is -2.48. The molecule has 4 heteroatoms. The predicted molar refractivity (Wildman–Crippen MR) is 69.1 cm³/mol. The molecule has 0 saturated carbocycles. The van der Waals surface area contributed by atoms with Crippen molar-refractivity contribution in [2.24, 2.45) is 0 Å². The quantitative estimate of drug-likeness (QED) is 0.819. The number of hydrogen-bond donors (Lipinski definition) is 2. The zero-order chi connectivity index (χ0) is 12.1. The van der Waals surface area contributed by atoms with E-state index in [0.29, 0.717) is 6.04 Å². The number of carbonyl (C=O) groups is 1. The number of likely N-dealkylation sites (N-methyl/N-ethyl adjacent to an activating group) is 1. The number of amides is 2. The largest absolute Gasteiger partial charge is 0.323 e. The number of piperidine rings is 1. The van der Waals surface area contributed by atoms with Crippen LogP contribution in [-0.4, -0.2) is 37.1 Å². The first kappa shape index (κ1) is 11.9. The third-order valence-corrected chi connectivity index (χ3v) is 3.14. The van der Waals surface area contributed by atoms with Crippen LogP contribution in [0.25, 0.3) is 0 Å². The molecule has 2 amide bonds. The van der Waals surface area contributed by atoms with Crippen molar-refractivity contribution in [3.8, 4) is 0 Å². The molecule has 0 bridgehead atoms. The van der Waals surface area contributed by atoms with Gasteiger partial charge < -0.3 is 15.5 Å². The van der Waals surface area contributed by atoms with E-state index >= 15 is 0 Å². The molecule has 0 spiro atoms. The predicted octanol–water partition coefficient (Wildman–Crippen LogP) is 1.90. The molecule has 1 aliphatic rings. The van der Waals surface area contributed by atoms with Gasteiger partial charge in [0.15, 0.2) is 0 Å². The van der Waals surface area contributed by atoms with Crippen LogP contribution in [0.3, 0.4) is 0 Å². The van der Waals surface area contributed by atoms with Crippen molar-refractivity contribution in [1.29, 1.82) is 0 Å². The SMILES string of the molecule is CNC1CCCN(C(=O)Nc2ccccc2)C1. The summed E-state index contributed by atoms with van der Waals surface area (Å²) in [5.74, 6) is 0. The lowest BCUT2D eigenvalue weighted by molar-refractivity contribution is 0.187. The Bertz CT molecular complexity index is 366. The van der Waals surface area contributed by atoms with Crippen LogP contribution in [0.15, 0.2) is 30.3 Å². The van der Waals surface area contributed by atoms with Crippen LogP contribution < -0.4 is 10.6 Å². The molecule has 1 unspecified atom stereocenters. The Kier molecular flexibility index (Phi) is 3.98. The van der Waals surface area contributed by atoms with Crippen LogP contribution in [0.1, 0.15) is 12.8 Å². The van der Waals surface area contributed by atoms with E-state index < -0.39 is 0 Å². The van der Waals surface area contributed by atoms with Gasteiger partial charge >= 0.3 is 6.03 Å². The van der Waals surface area contributed by atoms with Crippen LogP contribution >= 0.6 is 0 Å². The van der Waals surface area contributed by atoms with Gasteiger partial charge in [0.25, 0.3) is 0 Å². The van der Waals surface area contributed by atoms with Crippen molar-refractivity contribution in [1.82, 2.24) is 10.2 Å². The Morgan fingerprint density at radius 2 is 2.12 bits per heavy atom. The number of anilines is 1. The summed E-state index contributed by atoms with van der Waals surface area (Å²) in [6.45, 7) is 1.63. The molecule has 1 aromatic rings. The number of urea groups is 1. The summed E-state index contributed by atoms with van der Waals surface area (Å²) in [4.78, 5) is 13.9. The maximum atomic E-state index is 12.0. The topological polar surface area (TPSA) is 44.4 Å². The second-order valence-electron chi connectivity index (χ2n) is 4.37. The van der Waals surface area contributed by atoms with Crippen molar-refractivity contribution in [2.45, 2.75) is 18.9 Å². The van der Waals surface area contributed by atoms with E-state index in [1.54, 1.807) is 0 Å². The first-order chi connectivity index (χ1) is 8.29. The standard InChI is InChI=1S/C13H19N3O/c1-14-12-8-5-9-16(10-12)13(17)15-11-6-3-2-4-7-11/h2-4,6-7,12,14H,5,8-10H2,1H3,(H,15,17). The number of likely N-dealkylation sites (tertiary alicyclic amines) is 1.